The van der Waals surface area contributed by atoms with E-state index in [1.165, 1.54) is 32.4 Å². The van der Waals surface area contributed by atoms with Gasteiger partial charge in [-0.1, -0.05) is 6.92 Å². The number of anilines is 1. The zero-order chi connectivity index (χ0) is 15.3. The quantitative estimate of drug-likeness (QED) is 0.722. The minimum Gasteiger partial charge on any atom is -0.497 e. The van der Waals surface area contributed by atoms with E-state index in [0.717, 1.165) is 4.31 Å². The summed E-state index contributed by atoms with van der Waals surface area (Å²) < 4.78 is 31.0. The van der Waals surface area contributed by atoms with Crippen molar-refractivity contribution in [3.63, 3.8) is 0 Å². The molecule has 0 saturated heterocycles. The van der Waals surface area contributed by atoms with Crippen LogP contribution in [0.5, 0.6) is 5.75 Å². The third-order valence-electron chi connectivity index (χ3n) is 2.79. The first-order chi connectivity index (χ1) is 9.36. The summed E-state index contributed by atoms with van der Waals surface area (Å²) in [6.45, 7) is 1.57. The second-order valence-corrected chi connectivity index (χ2v) is 5.91. The van der Waals surface area contributed by atoms with Crippen LogP contribution in [-0.2, 0) is 14.8 Å². The van der Waals surface area contributed by atoms with Gasteiger partial charge in [0.05, 0.1) is 19.3 Å². The van der Waals surface area contributed by atoms with Crippen molar-refractivity contribution in [3.05, 3.63) is 18.2 Å². The van der Waals surface area contributed by atoms with Crippen LogP contribution in [0.4, 0.5) is 5.69 Å². The first-order valence-corrected chi connectivity index (χ1v) is 7.45. The number of benzene rings is 1. The Kier molecular flexibility index (Phi) is 5.34. The molecule has 20 heavy (non-hydrogen) atoms. The van der Waals surface area contributed by atoms with Crippen LogP contribution in [0.15, 0.2) is 23.1 Å². The number of hydrogen-bond acceptors (Lipinski definition) is 5. The Hall–Kier alpha value is -1.80. The summed E-state index contributed by atoms with van der Waals surface area (Å²) in [7, 11) is -0.906. The van der Waals surface area contributed by atoms with Gasteiger partial charge in [-0.3, -0.25) is 4.79 Å². The summed E-state index contributed by atoms with van der Waals surface area (Å²) in [5, 5.41) is 2.39. The molecule has 7 nitrogen and oxygen atoms in total. The molecule has 0 spiro atoms. The standard InChI is InChI=1S/C12H19N3O4S/c1-4-15(8-12(16)14-2)20(17,18)11-6-5-9(19-3)7-10(11)13/h5-7H,4,8,13H2,1-3H3,(H,14,16). The van der Waals surface area contributed by atoms with Crippen molar-refractivity contribution in [2.75, 3.05) is 33.0 Å². The van der Waals surface area contributed by atoms with Crippen molar-refractivity contribution < 1.29 is 17.9 Å². The van der Waals surface area contributed by atoms with E-state index in [1.807, 2.05) is 0 Å². The fraction of sp³-hybridized carbons (Fsp3) is 0.417. The van der Waals surface area contributed by atoms with Crippen LogP contribution in [0.1, 0.15) is 6.92 Å². The molecular weight excluding hydrogens is 282 g/mol. The van der Waals surface area contributed by atoms with Crippen LogP contribution in [0.2, 0.25) is 0 Å². The minimum atomic E-state index is -3.82. The lowest BCUT2D eigenvalue weighted by atomic mass is 10.3. The number of nitrogens with zero attached hydrogens (tertiary/aromatic N) is 1. The number of nitrogens with two attached hydrogens (primary N) is 1. The van der Waals surface area contributed by atoms with E-state index in [2.05, 4.69) is 5.32 Å². The fourth-order valence-corrected chi connectivity index (χ4v) is 3.14. The molecule has 112 valence electrons. The van der Waals surface area contributed by atoms with Gasteiger partial charge >= 0.3 is 0 Å². The smallest absolute Gasteiger partial charge is 0.245 e. The molecule has 0 aromatic heterocycles. The Morgan fingerprint density at radius 3 is 2.55 bits per heavy atom. The Balaban J connectivity index is 3.17. The second kappa shape index (κ2) is 6.58. The highest BCUT2D eigenvalue weighted by Gasteiger charge is 2.27. The number of nitrogens with one attached hydrogen (secondary N) is 1. The lowest BCUT2D eigenvalue weighted by molar-refractivity contribution is -0.120. The summed E-state index contributed by atoms with van der Waals surface area (Å²) in [4.78, 5) is 11.3. The number of carbonyl (C=O) groups is 1. The third-order valence-corrected chi connectivity index (χ3v) is 4.78. The van der Waals surface area contributed by atoms with Crippen LogP contribution >= 0.6 is 0 Å². The maximum Gasteiger partial charge on any atom is 0.245 e. The molecule has 0 radical (unpaired) electrons. The lowest BCUT2D eigenvalue weighted by Gasteiger charge is -2.20. The van der Waals surface area contributed by atoms with E-state index >= 15 is 0 Å². The average molecular weight is 301 g/mol. The van der Waals surface area contributed by atoms with Crippen LogP contribution in [0, 0.1) is 0 Å². The van der Waals surface area contributed by atoms with Crippen molar-refractivity contribution in [1.82, 2.24) is 9.62 Å². The van der Waals surface area contributed by atoms with Gasteiger partial charge in [-0.15, -0.1) is 0 Å². The monoisotopic (exact) mass is 301 g/mol. The van der Waals surface area contributed by atoms with E-state index < -0.39 is 10.0 Å². The summed E-state index contributed by atoms with van der Waals surface area (Å²) >= 11 is 0. The van der Waals surface area contributed by atoms with Crippen LogP contribution in [0.3, 0.4) is 0 Å². The molecule has 0 heterocycles. The van der Waals surface area contributed by atoms with E-state index in [4.69, 9.17) is 10.5 Å². The molecule has 0 saturated carbocycles. The third kappa shape index (κ3) is 3.40. The topological polar surface area (TPSA) is 102 Å². The molecule has 0 aliphatic heterocycles. The molecule has 0 aliphatic carbocycles. The molecule has 1 rings (SSSR count). The van der Waals surface area contributed by atoms with Crippen LogP contribution < -0.4 is 15.8 Å². The summed E-state index contributed by atoms with van der Waals surface area (Å²) in [6.07, 6.45) is 0. The molecule has 8 heteroatoms. The number of nitrogen functional groups attached to an aromatic ring is 1. The van der Waals surface area contributed by atoms with Gasteiger partial charge in [-0.2, -0.15) is 4.31 Å². The van der Waals surface area contributed by atoms with Gasteiger partial charge in [0.1, 0.15) is 10.6 Å². The Morgan fingerprint density at radius 2 is 2.10 bits per heavy atom. The highest BCUT2D eigenvalue weighted by Crippen LogP contribution is 2.26. The number of hydrogen-bond donors (Lipinski definition) is 2. The zero-order valence-corrected chi connectivity index (χ0v) is 12.5. The molecule has 3 N–H and O–H groups in total. The Morgan fingerprint density at radius 1 is 1.45 bits per heavy atom. The maximum absolute atomic E-state index is 12.5. The molecule has 0 aliphatic rings. The summed E-state index contributed by atoms with van der Waals surface area (Å²) in [6, 6.07) is 4.31. The van der Waals surface area contributed by atoms with E-state index in [1.54, 1.807) is 6.92 Å². The summed E-state index contributed by atoms with van der Waals surface area (Å²) in [5.41, 5.74) is 5.84. The van der Waals surface area contributed by atoms with Crippen molar-refractivity contribution in [2.45, 2.75) is 11.8 Å². The predicted octanol–water partition coefficient (Wildman–Crippen LogP) is 0.0340. The number of amides is 1. The fourth-order valence-electron chi connectivity index (χ4n) is 1.63. The molecule has 0 unspecified atom stereocenters. The van der Waals surface area contributed by atoms with Gasteiger partial charge in [0.15, 0.2) is 0 Å². The predicted molar refractivity (Wildman–Crippen MR) is 75.9 cm³/mol. The van der Waals surface area contributed by atoms with E-state index in [-0.39, 0.29) is 29.6 Å². The van der Waals surface area contributed by atoms with Crippen molar-refractivity contribution >= 4 is 21.6 Å². The van der Waals surface area contributed by atoms with Gasteiger partial charge in [0.25, 0.3) is 0 Å². The molecular formula is C12H19N3O4S. The highest BCUT2D eigenvalue weighted by molar-refractivity contribution is 7.89. The minimum absolute atomic E-state index is 0.0379. The molecule has 0 bridgehead atoms. The maximum atomic E-state index is 12.5. The molecule has 0 atom stereocenters. The van der Waals surface area contributed by atoms with Gasteiger partial charge in [0.2, 0.25) is 15.9 Å². The number of carbonyl (C=O) groups excluding carboxylic acids is 1. The molecule has 0 fully saturated rings. The summed E-state index contributed by atoms with van der Waals surface area (Å²) in [5.74, 6) is 0.0818. The number of methoxy groups -OCH3 is 1. The first-order valence-electron chi connectivity index (χ1n) is 6.01. The van der Waals surface area contributed by atoms with Crippen molar-refractivity contribution in [2.24, 2.45) is 0 Å². The Bertz CT molecular complexity index is 586. The molecule has 1 aromatic rings. The second-order valence-electron chi connectivity index (χ2n) is 4.01. The van der Waals surface area contributed by atoms with Gasteiger partial charge in [-0.05, 0) is 12.1 Å². The highest BCUT2D eigenvalue weighted by atomic mass is 32.2. The van der Waals surface area contributed by atoms with Crippen LogP contribution in [0.25, 0.3) is 0 Å². The lowest BCUT2D eigenvalue weighted by Crippen LogP contribution is -2.39. The number of rotatable bonds is 6. The number of likely N-dealkylation sites (N-methyl/N-ethyl adjacent to an activating group) is 2. The van der Waals surface area contributed by atoms with E-state index in [0.29, 0.717) is 5.75 Å². The van der Waals surface area contributed by atoms with Crippen LogP contribution in [-0.4, -0.2) is 45.9 Å². The molecule has 1 aromatic carbocycles. The van der Waals surface area contributed by atoms with Gasteiger partial charge in [0, 0.05) is 19.7 Å². The average Bonchev–Trinajstić information content (AvgIpc) is 2.43. The SMILES string of the molecule is CCN(CC(=O)NC)S(=O)(=O)c1ccc(OC)cc1N. The van der Waals surface area contributed by atoms with E-state index in [9.17, 15) is 13.2 Å². The normalized spacial score (nSPS) is 11.4. The molecule has 1 amide bonds. The number of sulfonamides is 1. The number of ether oxygens (including phenoxy) is 1. The zero-order valence-electron chi connectivity index (χ0n) is 11.7. The Labute approximate surface area is 118 Å². The van der Waals surface area contributed by atoms with Gasteiger partial charge in [-0.25, -0.2) is 8.42 Å². The van der Waals surface area contributed by atoms with Crippen molar-refractivity contribution in [1.29, 1.82) is 0 Å². The first kappa shape index (κ1) is 16.3. The largest absolute Gasteiger partial charge is 0.497 e. The van der Waals surface area contributed by atoms with Crippen molar-refractivity contribution in [3.8, 4) is 5.75 Å². The van der Waals surface area contributed by atoms with Gasteiger partial charge < -0.3 is 15.8 Å².